The van der Waals surface area contributed by atoms with Crippen molar-refractivity contribution < 1.29 is 19.7 Å². The zero-order valence-corrected chi connectivity index (χ0v) is 13.3. The molecule has 0 fully saturated rings. The summed E-state index contributed by atoms with van der Waals surface area (Å²) in [6.07, 6.45) is 0.572. The number of carbonyl (C=O) groups is 1. The molecule has 0 saturated heterocycles. The number of phenols is 2. The van der Waals surface area contributed by atoms with Crippen LogP contribution in [0.3, 0.4) is 0 Å². The van der Waals surface area contributed by atoms with Gasteiger partial charge in [0.25, 0.3) is 5.91 Å². The van der Waals surface area contributed by atoms with E-state index in [0.717, 1.165) is 16.9 Å². The Kier molecular flexibility index (Phi) is 5.46. The number of aromatic hydroxyl groups is 2. The van der Waals surface area contributed by atoms with E-state index in [4.69, 9.17) is 4.74 Å². The molecule has 0 spiro atoms. The average molecular weight is 315 g/mol. The normalized spacial score (nSPS) is 10.3. The molecule has 0 saturated carbocycles. The van der Waals surface area contributed by atoms with Gasteiger partial charge in [0.1, 0.15) is 5.75 Å². The maximum Gasteiger partial charge on any atom is 0.251 e. The molecular weight excluding hydrogens is 294 g/mol. The lowest BCUT2D eigenvalue weighted by Crippen LogP contribution is -2.25. The highest BCUT2D eigenvalue weighted by Crippen LogP contribution is 2.28. The van der Waals surface area contributed by atoms with E-state index in [-0.39, 0.29) is 17.4 Å². The molecule has 0 aromatic heterocycles. The maximum atomic E-state index is 12.1. The molecule has 122 valence electrons. The summed E-state index contributed by atoms with van der Waals surface area (Å²) < 4.78 is 5.34. The van der Waals surface area contributed by atoms with Gasteiger partial charge in [-0.1, -0.05) is 0 Å². The van der Waals surface area contributed by atoms with Gasteiger partial charge in [0.2, 0.25) is 0 Å². The summed E-state index contributed by atoms with van der Waals surface area (Å²) in [6, 6.07) is 10.0. The first-order valence-electron chi connectivity index (χ1n) is 7.53. The minimum Gasteiger partial charge on any atom is -0.504 e. The highest BCUT2D eigenvalue weighted by atomic mass is 16.5. The van der Waals surface area contributed by atoms with Gasteiger partial charge in [-0.15, -0.1) is 0 Å². The van der Waals surface area contributed by atoms with Gasteiger partial charge in [-0.25, -0.2) is 0 Å². The van der Waals surface area contributed by atoms with Crippen LogP contribution in [0.5, 0.6) is 17.2 Å². The number of benzene rings is 2. The molecule has 5 nitrogen and oxygen atoms in total. The summed E-state index contributed by atoms with van der Waals surface area (Å²) >= 11 is 0. The number of aryl methyl sites for hydroxylation is 1. The third-order valence-corrected chi connectivity index (χ3v) is 3.54. The van der Waals surface area contributed by atoms with Gasteiger partial charge in [-0.2, -0.15) is 0 Å². The number of ether oxygens (including phenoxy) is 1. The van der Waals surface area contributed by atoms with E-state index in [1.165, 1.54) is 12.1 Å². The van der Waals surface area contributed by atoms with Crippen molar-refractivity contribution in [3.8, 4) is 17.2 Å². The Bertz CT molecular complexity index is 680. The van der Waals surface area contributed by atoms with Crippen molar-refractivity contribution in [2.45, 2.75) is 20.3 Å². The summed E-state index contributed by atoms with van der Waals surface area (Å²) in [4.78, 5) is 12.1. The van der Waals surface area contributed by atoms with Crippen LogP contribution in [0.25, 0.3) is 0 Å². The molecule has 0 radical (unpaired) electrons. The van der Waals surface area contributed by atoms with Crippen molar-refractivity contribution in [2.75, 3.05) is 13.2 Å². The monoisotopic (exact) mass is 315 g/mol. The van der Waals surface area contributed by atoms with Crippen LogP contribution in [-0.2, 0) is 6.42 Å². The van der Waals surface area contributed by atoms with E-state index in [0.29, 0.717) is 25.1 Å². The molecule has 0 unspecified atom stereocenters. The van der Waals surface area contributed by atoms with Gasteiger partial charge in [-0.3, -0.25) is 4.79 Å². The number of hydrogen-bond donors (Lipinski definition) is 3. The highest BCUT2D eigenvalue weighted by Gasteiger charge is 2.08. The SMILES string of the molecule is CCOc1ccc(C(=O)NCCc2cc(O)c(O)cc2C)cc1. The van der Waals surface area contributed by atoms with Gasteiger partial charge >= 0.3 is 0 Å². The Labute approximate surface area is 135 Å². The number of amides is 1. The van der Waals surface area contributed by atoms with E-state index >= 15 is 0 Å². The molecule has 0 aliphatic carbocycles. The molecule has 0 heterocycles. The van der Waals surface area contributed by atoms with E-state index in [1.807, 2.05) is 13.8 Å². The van der Waals surface area contributed by atoms with Crippen LogP contribution in [0.15, 0.2) is 36.4 Å². The van der Waals surface area contributed by atoms with Crippen LogP contribution in [0.1, 0.15) is 28.4 Å². The highest BCUT2D eigenvalue weighted by molar-refractivity contribution is 5.94. The third-order valence-electron chi connectivity index (χ3n) is 3.54. The Balaban J connectivity index is 1.91. The predicted molar refractivity (Wildman–Crippen MR) is 88.2 cm³/mol. The van der Waals surface area contributed by atoms with Crippen LogP contribution in [0.2, 0.25) is 0 Å². The second-order valence-corrected chi connectivity index (χ2v) is 5.23. The smallest absolute Gasteiger partial charge is 0.251 e. The first-order chi connectivity index (χ1) is 11.0. The quantitative estimate of drug-likeness (QED) is 0.716. The molecule has 0 aliphatic rings. The largest absolute Gasteiger partial charge is 0.504 e. The Morgan fingerprint density at radius 1 is 1.13 bits per heavy atom. The van der Waals surface area contributed by atoms with E-state index in [9.17, 15) is 15.0 Å². The number of phenolic OH excluding ortho intramolecular Hbond substituents is 2. The van der Waals surface area contributed by atoms with Crippen molar-refractivity contribution in [1.82, 2.24) is 5.32 Å². The Hall–Kier alpha value is -2.69. The molecular formula is C18H21NO4. The Morgan fingerprint density at radius 3 is 2.43 bits per heavy atom. The number of carbonyl (C=O) groups excluding carboxylic acids is 1. The predicted octanol–water partition coefficient (Wildman–Crippen LogP) is 2.78. The number of rotatable bonds is 6. The molecule has 2 aromatic carbocycles. The van der Waals surface area contributed by atoms with Crippen LogP contribution < -0.4 is 10.1 Å². The van der Waals surface area contributed by atoms with Crippen LogP contribution in [0, 0.1) is 6.92 Å². The van der Waals surface area contributed by atoms with Crippen molar-refractivity contribution in [3.63, 3.8) is 0 Å². The second-order valence-electron chi connectivity index (χ2n) is 5.23. The van der Waals surface area contributed by atoms with E-state index < -0.39 is 0 Å². The second kappa shape index (κ2) is 7.54. The molecule has 0 aliphatic heterocycles. The summed E-state index contributed by atoms with van der Waals surface area (Å²) in [5, 5.41) is 21.8. The molecule has 0 atom stereocenters. The minimum absolute atomic E-state index is 0.135. The van der Waals surface area contributed by atoms with Crippen molar-refractivity contribution >= 4 is 5.91 Å². The fourth-order valence-corrected chi connectivity index (χ4v) is 2.28. The van der Waals surface area contributed by atoms with Crippen LogP contribution in [0.4, 0.5) is 0 Å². The fraction of sp³-hybridized carbons (Fsp3) is 0.278. The molecule has 1 amide bonds. The van der Waals surface area contributed by atoms with Gasteiger partial charge in [-0.05, 0) is 67.8 Å². The third kappa shape index (κ3) is 4.39. The average Bonchev–Trinajstić information content (AvgIpc) is 2.53. The molecule has 3 N–H and O–H groups in total. The summed E-state index contributed by atoms with van der Waals surface area (Å²) in [5.41, 5.74) is 2.32. The molecule has 5 heteroatoms. The standard InChI is InChI=1S/C18H21NO4/c1-3-23-15-6-4-13(5-7-15)18(22)19-9-8-14-11-17(21)16(20)10-12(14)2/h4-7,10-11,20-21H,3,8-9H2,1-2H3,(H,19,22). The first kappa shape index (κ1) is 16.7. The van der Waals surface area contributed by atoms with Crippen LogP contribution >= 0.6 is 0 Å². The Morgan fingerprint density at radius 2 is 1.78 bits per heavy atom. The van der Waals surface area contributed by atoms with Crippen molar-refractivity contribution in [1.29, 1.82) is 0 Å². The summed E-state index contributed by atoms with van der Waals surface area (Å²) in [6.45, 7) is 4.79. The number of nitrogens with one attached hydrogen (secondary N) is 1. The summed E-state index contributed by atoms with van der Waals surface area (Å²) in [5.74, 6) is 0.293. The van der Waals surface area contributed by atoms with Gasteiger partial charge in [0.05, 0.1) is 6.61 Å². The number of hydrogen-bond acceptors (Lipinski definition) is 4. The molecule has 2 rings (SSSR count). The van der Waals surface area contributed by atoms with Crippen LogP contribution in [-0.4, -0.2) is 29.3 Å². The summed E-state index contributed by atoms with van der Waals surface area (Å²) in [7, 11) is 0. The van der Waals surface area contributed by atoms with Crippen molar-refractivity contribution in [2.24, 2.45) is 0 Å². The van der Waals surface area contributed by atoms with Gasteiger partial charge < -0.3 is 20.3 Å². The lowest BCUT2D eigenvalue weighted by atomic mass is 10.0. The van der Waals surface area contributed by atoms with Gasteiger partial charge in [0.15, 0.2) is 11.5 Å². The zero-order chi connectivity index (χ0) is 16.8. The van der Waals surface area contributed by atoms with Crippen molar-refractivity contribution in [3.05, 3.63) is 53.1 Å². The molecule has 2 aromatic rings. The fourth-order valence-electron chi connectivity index (χ4n) is 2.28. The first-order valence-corrected chi connectivity index (χ1v) is 7.53. The maximum absolute atomic E-state index is 12.1. The molecule has 0 bridgehead atoms. The lowest BCUT2D eigenvalue weighted by Gasteiger charge is -2.10. The van der Waals surface area contributed by atoms with E-state index in [2.05, 4.69) is 5.32 Å². The zero-order valence-electron chi connectivity index (χ0n) is 13.3. The molecule has 23 heavy (non-hydrogen) atoms. The van der Waals surface area contributed by atoms with Gasteiger partial charge in [0, 0.05) is 12.1 Å². The van der Waals surface area contributed by atoms with E-state index in [1.54, 1.807) is 24.3 Å². The lowest BCUT2D eigenvalue weighted by molar-refractivity contribution is 0.0954. The minimum atomic E-state index is -0.159. The topological polar surface area (TPSA) is 78.8 Å².